The fraction of sp³-hybridized carbons (Fsp3) is 0.438. The highest BCUT2D eigenvalue weighted by atomic mass is 15.3. The van der Waals surface area contributed by atoms with E-state index < -0.39 is 0 Å². The maximum Gasteiger partial charge on any atom is 0.131 e. The first-order chi connectivity index (χ1) is 9.75. The number of aromatic nitrogens is 2. The Hall–Kier alpha value is -1.81. The fourth-order valence-corrected chi connectivity index (χ4v) is 2.90. The fourth-order valence-electron chi connectivity index (χ4n) is 2.90. The van der Waals surface area contributed by atoms with Crippen LogP contribution >= 0.6 is 0 Å². The summed E-state index contributed by atoms with van der Waals surface area (Å²) in [6, 6.07) is 10.7. The van der Waals surface area contributed by atoms with Crippen molar-refractivity contribution < 1.29 is 0 Å². The molecule has 2 N–H and O–H groups in total. The SMILES string of the molecule is CC1CCCCN1Cc1cnn(-c2ccccc2)c1N. The summed E-state index contributed by atoms with van der Waals surface area (Å²) in [5.41, 5.74) is 8.42. The van der Waals surface area contributed by atoms with Crippen molar-refractivity contribution in [3.8, 4) is 5.69 Å². The van der Waals surface area contributed by atoms with Crippen molar-refractivity contribution in [1.29, 1.82) is 0 Å². The molecule has 3 rings (SSSR count). The van der Waals surface area contributed by atoms with Crippen LogP contribution in [0.1, 0.15) is 31.7 Å². The Kier molecular flexibility index (Phi) is 3.74. The van der Waals surface area contributed by atoms with Crippen LogP contribution in [-0.2, 0) is 6.54 Å². The van der Waals surface area contributed by atoms with Crippen molar-refractivity contribution in [3.63, 3.8) is 0 Å². The van der Waals surface area contributed by atoms with Crippen molar-refractivity contribution in [3.05, 3.63) is 42.1 Å². The summed E-state index contributed by atoms with van der Waals surface area (Å²) < 4.78 is 1.82. The van der Waals surface area contributed by atoms with Crippen molar-refractivity contribution >= 4 is 5.82 Å². The number of nitrogen functional groups attached to an aromatic ring is 1. The topological polar surface area (TPSA) is 47.1 Å². The van der Waals surface area contributed by atoms with Gasteiger partial charge in [-0.1, -0.05) is 24.6 Å². The van der Waals surface area contributed by atoms with E-state index in [1.807, 2.05) is 41.2 Å². The Labute approximate surface area is 120 Å². The Bertz CT molecular complexity index is 561. The smallest absolute Gasteiger partial charge is 0.131 e. The zero-order valence-corrected chi connectivity index (χ0v) is 12.0. The Morgan fingerprint density at radius 1 is 1.25 bits per heavy atom. The molecule has 0 bridgehead atoms. The molecule has 0 spiro atoms. The van der Waals surface area contributed by atoms with E-state index in [9.17, 15) is 0 Å². The lowest BCUT2D eigenvalue weighted by atomic mass is 10.0. The molecule has 0 saturated carbocycles. The van der Waals surface area contributed by atoms with Crippen molar-refractivity contribution in [2.24, 2.45) is 0 Å². The van der Waals surface area contributed by atoms with Crippen LogP contribution in [0.25, 0.3) is 5.69 Å². The third-order valence-corrected chi connectivity index (χ3v) is 4.20. The Morgan fingerprint density at radius 2 is 2.05 bits per heavy atom. The highest BCUT2D eigenvalue weighted by molar-refractivity contribution is 5.46. The molecule has 106 valence electrons. The summed E-state index contributed by atoms with van der Waals surface area (Å²) in [4.78, 5) is 2.51. The average molecular weight is 270 g/mol. The van der Waals surface area contributed by atoms with Gasteiger partial charge in [-0.25, -0.2) is 4.68 Å². The summed E-state index contributed by atoms with van der Waals surface area (Å²) >= 11 is 0. The summed E-state index contributed by atoms with van der Waals surface area (Å²) in [5, 5.41) is 4.44. The Morgan fingerprint density at radius 3 is 2.80 bits per heavy atom. The van der Waals surface area contributed by atoms with Gasteiger partial charge in [0.25, 0.3) is 0 Å². The van der Waals surface area contributed by atoms with Crippen LogP contribution in [0.4, 0.5) is 5.82 Å². The van der Waals surface area contributed by atoms with E-state index in [2.05, 4.69) is 16.9 Å². The number of rotatable bonds is 3. The molecule has 4 heteroatoms. The monoisotopic (exact) mass is 270 g/mol. The number of hydrogen-bond acceptors (Lipinski definition) is 3. The van der Waals surface area contributed by atoms with Gasteiger partial charge in [-0.2, -0.15) is 5.10 Å². The van der Waals surface area contributed by atoms with Crippen LogP contribution in [0.15, 0.2) is 36.5 Å². The van der Waals surface area contributed by atoms with E-state index in [-0.39, 0.29) is 0 Å². The minimum atomic E-state index is 0.642. The molecule has 1 aliphatic rings. The van der Waals surface area contributed by atoms with Crippen molar-refractivity contribution in [2.75, 3.05) is 12.3 Å². The predicted molar refractivity (Wildman–Crippen MR) is 81.7 cm³/mol. The average Bonchev–Trinajstić information content (AvgIpc) is 2.84. The molecule has 1 aromatic carbocycles. The van der Waals surface area contributed by atoms with Gasteiger partial charge < -0.3 is 5.73 Å². The number of benzene rings is 1. The second-order valence-corrected chi connectivity index (χ2v) is 5.62. The zero-order valence-electron chi connectivity index (χ0n) is 12.0. The summed E-state index contributed by atoms with van der Waals surface area (Å²) in [7, 11) is 0. The lowest BCUT2D eigenvalue weighted by Crippen LogP contribution is -2.36. The van der Waals surface area contributed by atoms with Crippen LogP contribution in [0.3, 0.4) is 0 Å². The van der Waals surface area contributed by atoms with Gasteiger partial charge in [0.15, 0.2) is 0 Å². The minimum absolute atomic E-state index is 0.642. The number of hydrogen-bond donors (Lipinski definition) is 1. The van der Waals surface area contributed by atoms with E-state index in [1.54, 1.807) is 0 Å². The van der Waals surface area contributed by atoms with Crippen molar-refractivity contribution in [1.82, 2.24) is 14.7 Å². The van der Waals surface area contributed by atoms with E-state index in [4.69, 9.17) is 5.73 Å². The van der Waals surface area contributed by atoms with Crippen LogP contribution in [0.5, 0.6) is 0 Å². The second-order valence-electron chi connectivity index (χ2n) is 5.62. The van der Waals surface area contributed by atoms with Gasteiger partial charge in [-0.3, -0.25) is 4.90 Å². The van der Waals surface area contributed by atoms with Crippen LogP contribution in [0.2, 0.25) is 0 Å². The van der Waals surface area contributed by atoms with Crippen molar-refractivity contribution in [2.45, 2.75) is 38.8 Å². The van der Waals surface area contributed by atoms with E-state index >= 15 is 0 Å². The lowest BCUT2D eigenvalue weighted by molar-refractivity contribution is 0.153. The highest BCUT2D eigenvalue weighted by Crippen LogP contribution is 2.23. The first-order valence-corrected chi connectivity index (χ1v) is 7.37. The van der Waals surface area contributed by atoms with E-state index in [0.29, 0.717) is 6.04 Å². The van der Waals surface area contributed by atoms with Gasteiger partial charge >= 0.3 is 0 Å². The number of likely N-dealkylation sites (tertiary alicyclic amines) is 1. The third kappa shape index (κ3) is 2.56. The van der Waals surface area contributed by atoms with Gasteiger partial charge in [-0.05, 0) is 38.4 Å². The highest BCUT2D eigenvalue weighted by Gasteiger charge is 2.20. The molecule has 1 saturated heterocycles. The maximum atomic E-state index is 6.27. The minimum Gasteiger partial charge on any atom is -0.383 e. The molecule has 1 aromatic heterocycles. The standard InChI is InChI=1S/C16H22N4/c1-13-7-5-6-10-19(13)12-14-11-18-20(16(14)17)15-8-3-2-4-9-15/h2-4,8-9,11,13H,5-7,10,12,17H2,1H3. The number of piperidine rings is 1. The zero-order chi connectivity index (χ0) is 13.9. The second kappa shape index (κ2) is 5.67. The molecule has 0 aliphatic carbocycles. The molecular weight excluding hydrogens is 248 g/mol. The first kappa shape index (κ1) is 13.2. The van der Waals surface area contributed by atoms with Gasteiger partial charge in [0.1, 0.15) is 5.82 Å². The lowest BCUT2D eigenvalue weighted by Gasteiger charge is -2.33. The molecule has 1 fully saturated rings. The van der Waals surface area contributed by atoms with Gasteiger partial charge in [0.05, 0.1) is 11.9 Å². The predicted octanol–water partition coefficient (Wildman–Crippen LogP) is 2.83. The molecule has 2 heterocycles. The number of nitrogens with zero attached hydrogens (tertiary/aromatic N) is 3. The van der Waals surface area contributed by atoms with E-state index in [0.717, 1.165) is 30.2 Å². The number of para-hydroxylation sites is 1. The molecule has 2 aromatic rings. The van der Waals surface area contributed by atoms with Gasteiger partial charge in [0.2, 0.25) is 0 Å². The van der Waals surface area contributed by atoms with E-state index in [1.165, 1.54) is 19.3 Å². The molecule has 0 amide bonds. The number of anilines is 1. The number of nitrogens with two attached hydrogens (primary N) is 1. The molecule has 1 aliphatic heterocycles. The largest absolute Gasteiger partial charge is 0.383 e. The molecule has 0 radical (unpaired) electrons. The first-order valence-electron chi connectivity index (χ1n) is 7.37. The summed E-state index contributed by atoms with van der Waals surface area (Å²) in [6.45, 7) is 4.37. The van der Waals surface area contributed by atoms with Crippen LogP contribution < -0.4 is 5.73 Å². The normalized spacial score (nSPS) is 20.1. The quantitative estimate of drug-likeness (QED) is 0.933. The van der Waals surface area contributed by atoms with Crippen LogP contribution in [-0.4, -0.2) is 27.3 Å². The molecule has 20 heavy (non-hydrogen) atoms. The molecule has 1 atom stereocenters. The van der Waals surface area contributed by atoms with Gasteiger partial charge in [-0.15, -0.1) is 0 Å². The van der Waals surface area contributed by atoms with Gasteiger partial charge in [0, 0.05) is 18.2 Å². The summed E-state index contributed by atoms with van der Waals surface area (Å²) in [6.07, 6.45) is 5.82. The van der Waals surface area contributed by atoms with Crippen LogP contribution in [0, 0.1) is 0 Å². The molecular formula is C16H22N4. The third-order valence-electron chi connectivity index (χ3n) is 4.20. The summed E-state index contributed by atoms with van der Waals surface area (Å²) in [5.74, 6) is 0.758. The molecule has 4 nitrogen and oxygen atoms in total. The Balaban J connectivity index is 1.80. The molecule has 1 unspecified atom stereocenters. The maximum absolute atomic E-state index is 6.27.